The molecule has 0 spiro atoms. The van der Waals surface area contributed by atoms with Crippen molar-refractivity contribution >= 4 is 35.2 Å². The predicted octanol–water partition coefficient (Wildman–Crippen LogP) is 0.711. The van der Waals surface area contributed by atoms with E-state index in [1.54, 1.807) is 31.3 Å². The van der Waals surface area contributed by atoms with Gasteiger partial charge in [0.25, 0.3) is 5.91 Å². The number of rotatable bonds is 7. The number of aryl methyl sites for hydroxylation is 1. The minimum Gasteiger partial charge on any atom is -0.342 e. The maximum absolute atomic E-state index is 12.9. The molecule has 12 heteroatoms. The van der Waals surface area contributed by atoms with E-state index in [1.807, 2.05) is 9.80 Å². The summed E-state index contributed by atoms with van der Waals surface area (Å²) in [7, 11) is 1.71. The first-order valence-corrected chi connectivity index (χ1v) is 12.5. The Labute approximate surface area is 202 Å². The van der Waals surface area contributed by atoms with E-state index < -0.39 is 0 Å². The van der Waals surface area contributed by atoms with Gasteiger partial charge in [-0.1, -0.05) is 11.8 Å². The van der Waals surface area contributed by atoms with Crippen LogP contribution in [0, 0.1) is 0 Å². The van der Waals surface area contributed by atoms with Gasteiger partial charge in [0.05, 0.1) is 12.3 Å². The van der Waals surface area contributed by atoms with Gasteiger partial charge in [0.15, 0.2) is 0 Å². The maximum atomic E-state index is 12.9. The standard InChI is InChI=1S/C22H30N8O3S/c1-27-22(24-25-26-27)34-16-19(31)23-18-7-5-17(6-8-18)21(33)30-13-11-28(12-14-30)15-20(32)29-9-3-2-4-10-29/h5-8H,2-4,9-16H2,1H3,(H,23,31). The first kappa shape index (κ1) is 24.1. The Morgan fingerprint density at radius 3 is 2.29 bits per heavy atom. The SMILES string of the molecule is Cn1nnnc1SCC(=O)Nc1ccc(C(=O)N2CCN(CC(=O)N3CCCCC3)CC2)cc1. The number of hydrogen-bond donors (Lipinski definition) is 1. The van der Waals surface area contributed by atoms with Crippen LogP contribution >= 0.6 is 11.8 Å². The Kier molecular flexibility index (Phi) is 8.12. The molecule has 0 aliphatic carbocycles. The summed E-state index contributed by atoms with van der Waals surface area (Å²) in [4.78, 5) is 43.5. The van der Waals surface area contributed by atoms with Crippen molar-refractivity contribution in [2.24, 2.45) is 7.05 Å². The average molecular weight is 487 g/mol. The summed E-state index contributed by atoms with van der Waals surface area (Å²) in [6, 6.07) is 6.91. The van der Waals surface area contributed by atoms with Crippen LogP contribution in [0.2, 0.25) is 0 Å². The topological polar surface area (TPSA) is 117 Å². The van der Waals surface area contributed by atoms with E-state index in [-0.39, 0.29) is 23.5 Å². The molecule has 2 fully saturated rings. The molecule has 2 aliphatic rings. The van der Waals surface area contributed by atoms with Crippen molar-refractivity contribution in [3.63, 3.8) is 0 Å². The highest BCUT2D eigenvalue weighted by Gasteiger charge is 2.25. The van der Waals surface area contributed by atoms with Crippen LogP contribution in [-0.4, -0.2) is 104 Å². The molecule has 1 N–H and O–H groups in total. The molecule has 1 aromatic heterocycles. The van der Waals surface area contributed by atoms with E-state index in [0.717, 1.165) is 25.9 Å². The van der Waals surface area contributed by atoms with Crippen LogP contribution in [-0.2, 0) is 16.6 Å². The summed E-state index contributed by atoms with van der Waals surface area (Å²) in [5, 5.41) is 14.5. The van der Waals surface area contributed by atoms with Gasteiger partial charge in [-0.15, -0.1) is 5.10 Å². The third kappa shape index (κ3) is 6.32. The maximum Gasteiger partial charge on any atom is 0.253 e. The molecule has 2 aromatic rings. The summed E-state index contributed by atoms with van der Waals surface area (Å²) in [5.41, 5.74) is 1.20. The summed E-state index contributed by atoms with van der Waals surface area (Å²) in [6.07, 6.45) is 3.39. The molecular weight excluding hydrogens is 456 g/mol. The van der Waals surface area contributed by atoms with Gasteiger partial charge >= 0.3 is 0 Å². The van der Waals surface area contributed by atoms with Gasteiger partial charge in [0, 0.05) is 57.6 Å². The molecular formula is C22H30N8O3S. The average Bonchev–Trinajstić information content (AvgIpc) is 3.28. The molecule has 0 saturated carbocycles. The zero-order valence-corrected chi connectivity index (χ0v) is 20.2. The van der Waals surface area contributed by atoms with Crippen molar-refractivity contribution in [2.45, 2.75) is 24.4 Å². The fourth-order valence-corrected chi connectivity index (χ4v) is 4.74. The molecule has 0 bridgehead atoms. The van der Waals surface area contributed by atoms with Gasteiger partial charge in [0.1, 0.15) is 0 Å². The minimum atomic E-state index is -0.178. The normalized spacial score (nSPS) is 17.0. The van der Waals surface area contributed by atoms with Gasteiger partial charge in [-0.05, 0) is 54.0 Å². The van der Waals surface area contributed by atoms with Crippen molar-refractivity contribution in [2.75, 3.05) is 56.9 Å². The van der Waals surface area contributed by atoms with E-state index in [9.17, 15) is 14.4 Å². The largest absolute Gasteiger partial charge is 0.342 e. The van der Waals surface area contributed by atoms with Crippen LogP contribution in [0.15, 0.2) is 29.4 Å². The number of benzene rings is 1. The minimum absolute atomic E-state index is 0.0368. The Balaban J connectivity index is 1.21. The van der Waals surface area contributed by atoms with Crippen LogP contribution in [0.1, 0.15) is 29.6 Å². The number of piperidine rings is 1. The quantitative estimate of drug-likeness (QED) is 0.569. The molecule has 3 heterocycles. The summed E-state index contributed by atoms with van der Waals surface area (Å²) in [6.45, 7) is 4.74. The summed E-state index contributed by atoms with van der Waals surface area (Å²) >= 11 is 1.25. The number of amides is 3. The van der Waals surface area contributed by atoms with E-state index >= 15 is 0 Å². The number of piperazine rings is 1. The second-order valence-electron chi connectivity index (χ2n) is 8.51. The van der Waals surface area contributed by atoms with Crippen LogP contribution in [0.3, 0.4) is 0 Å². The molecule has 0 radical (unpaired) electrons. The van der Waals surface area contributed by atoms with Crippen LogP contribution in [0.4, 0.5) is 5.69 Å². The molecule has 2 saturated heterocycles. The molecule has 4 rings (SSSR count). The summed E-state index contributed by atoms with van der Waals surface area (Å²) < 4.78 is 1.50. The second-order valence-corrected chi connectivity index (χ2v) is 9.45. The lowest BCUT2D eigenvalue weighted by Crippen LogP contribution is -2.52. The van der Waals surface area contributed by atoms with Gasteiger partial charge in [-0.2, -0.15) is 0 Å². The fraction of sp³-hybridized carbons (Fsp3) is 0.545. The number of tetrazole rings is 1. The predicted molar refractivity (Wildman–Crippen MR) is 127 cm³/mol. The number of hydrogen-bond acceptors (Lipinski definition) is 8. The summed E-state index contributed by atoms with van der Waals surface area (Å²) in [5.74, 6) is 0.163. The lowest BCUT2D eigenvalue weighted by Gasteiger charge is -2.36. The number of nitrogens with zero attached hydrogens (tertiary/aromatic N) is 7. The number of likely N-dealkylation sites (tertiary alicyclic amines) is 1. The Bertz CT molecular complexity index is 998. The molecule has 182 valence electrons. The fourth-order valence-electron chi connectivity index (χ4n) is 4.09. The van der Waals surface area contributed by atoms with Crippen LogP contribution in [0.25, 0.3) is 0 Å². The molecule has 0 unspecified atom stereocenters. The van der Waals surface area contributed by atoms with Gasteiger partial charge in [-0.25, -0.2) is 4.68 Å². The first-order chi connectivity index (χ1) is 16.5. The molecule has 11 nitrogen and oxygen atoms in total. The highest BCUT2D eigenvalue weighted by molar-refractivity contribution is 7.99. The third-order valence-electron chi connectivity index (χ3n) is 6.06. The zero-order chi connectivity index (χ0) is 23.9. The van der Waals surface area contributed by atoms with Gasteiger partial charge in [-0.3, -0.25) is 19.3 Å². The number of thioether (sulfide) groups is 1. The van der Waals surface area contributed by atoms with Gasteiger partial charge in [0.2, 0.25) is 17.0 Å². The second kappa shape index (κ2) is 11.4. The lowest BCUT2D eigenvalue weighted by molar-refractivity contribution is -0.133. The van der Waals surface area contributed by atoms with E-state index in [2.05, 4.69) is 25.7 Å². The monoisotopic (exact) mass is 486 g/mol. The highest BCUT2D eigenvalue weighted by Crippen LogP contribution is 2.16. The van der Waals surface area contributed by atoms with Crippen molar-refractivity contribution in [3.05, 3.63) is 29.8 Å². The highest BCUT2D eigenvalue weighted by atomic mass is 32.2. The third-order valence-corrected chi connectivity index (χ3v) is 7.07. The number of anilines is 1. The Morgan fingerprint density at radius 1 is 0.941 bits per heavy atom. The van der Waals surface area contributed by atoms with Crippen molar-refractivity contribution < 1.29 is 14.4 Å². The van der Waals surface area contributed by atoms with E-state index in [0.29, 0.717) is 49.1 Å². The number of carbonyl (C=O) groups excluding carboxylic acids is 3. The number of nitrogens with one attached hydrogen (secondary N) is 1. The van der Waals surface area contributed by atoms with Crippen LogP contribution < -0.4 is 5.32 Å². The van der Waals surface area contributed by atoms with E-state index in [1.165, 1.54) is 22.9 Å². The first-order valence-electron chi connectivity index (χ1n) is 11.5. The van der Waals surface area contributed by atoms with Crippen molar-refractivity contribution in [1.82, 2.24) is 34.9 Å². The van der Waals surface area contributed by atoms with Crippen LogP contribution in [0.5, 0.6) is 0 Å². The van der Waals surface area contributed by atoms with Crippen molar-refractivity contribution in [3.8, 4) is 0 Å². The smallest absolute Gasteiger partial charge is 0.253 e. The molecule has 0 atom stereocenters. The number of aromatic nitrogens is 4. The zero-order valence-electron chi connectivity index (χ0n) is 19.4. The number of carbonyl (C=O) groups is 3. The Hall–Kier alpha value is -2.99. The van der Waals surface area contributed by atoms with Crippen molar-refractivity contribution in [1.29, 1.82) is 0 Å². The molecule has 2 aliphatic heterocycles. The lowest BCUT2D eigenvalue weighted by atomic mass is 10.1. The molecule has 34 heavy (non-hydrogen) atoms. The molecule has 1 aromatic carbocycles. The Morgan fingerprint density at radius 2 is 1.65 bits per heavy atom. The molecule has 3 amide bonds. The van der Waals surface area contributed by atoms with E-state index in [4.69, 9.17) is 0 Å². The van der Waals surface area contributed by atoms with Gasteiger partial charge < -0.3 is 15.1 Å².